The molecule has 2 aliphatic rings. The molecule has 6 heteroatoms. The molecule has 0 unspecified atom stereocenters. The Labute approximate surface area is 171 Å². The van der Waals surface area contributed by atoms with E-state index in [1.807, 2.05) is 16.2 Å². The number of likely N-dealkylation sites (tertiary alicyclic amines) is 1. The zero-order chi connectivity index (χ0) is 19.5. The van der Waals surface area contributed by atoms with Crippen LogP contribution in [-0.2, 0) is 16.0 Å². The number of nitrogens with zero attached hydrogens (tertiary/aromatic N) is 3. The highest BCUT2D eigenvalue weighted by molar-refractivity contribution is 7.11. The van der Waals surface area contributed by atoms with E-state index in [1.165, 1.54) is 15.6 Å². The van der Waals surface area contributed by atoms with Gasteiger partial charge in [-0.15, -0.1) is 11.3 Å². The van der Waals surface area contributed by atoms with Crippen LogP contribution < -0.4 is 4.90 Å². The molecule has 2 aliphatic heterocycles. The van der Waals surface area contributed by atoms with Crippen molar-refractivity contribution in [1.82, 2.24) is 9.88 Å². The number of amides is 1. The molecule has 2 fully saturated rings. The molecule has 3 heterocycles. The van der Waals surface area contributed by atoms with Gasteiger partial charge >= 0.3 is 0 Å². The number of carbonyl (C=O) groups excluding carboxylic acids is 1. The molecule has 0 N–H and O–H groups in total. The zero-order valence-electron chi connectivity index (χ0n) is 16.8. The van der Waals surface area contributed by atoms with Crippen LogP contribution in [0.5, 0.6) is 0 Å². The number of aromatic nitrogens is 1. The summed E-state index contributed by atoms with van der Waals surface area (Å²) < 4.78 is 5.41. The van der Waals surface area contributed by atoms with E-state index in [1.54, 1.807) is 0 Å². The molecule has 5 nitrogen and oxygen atoms in total. The molecule has 4 rings (SSSR count). The quantitative estimate of drug-likeness (QED) is 0.789. The normalized spacial score (nSPS) is 18.5. The average molecular weight is 400 g/mol. The number of hydrogen-bond acceptors (Lipinski definition) is 5. The van der Waals surface area contributed by atoms with Crippen LogP contribution >= 0.6 is 11.3 Å². The van der Waals surface area contributed by atoms with Gasteiger partial charge in [0.25, 0.3) is 0 Å². The van der Waals surface area contributed by atoms with Gasteiger partial charge in [-0.1, -0.05) is 12.1 Å². The minimum absolute atomic E-state index is 0.240. The fourth-order valence-corrected chi connectivity index (χ4v) is 5.07. The minimum Gasteiger partial charge on any atom is -0.378 e. The fraction of sp³-hybridized carbons (Fsp3) is 0.545. The molecule has 2 aromatic rings. The molecule has 0 aliphatic carbocycles. The Balaban J connectivity index is 1.29. The lowest BCUT2D eigenvalue weighted by Gasteiger charge is -2.31. The number of ether oxygens (including phenoxy) is 1. The highest BCUT2D eigenvalue weighted by Gasteiger charge is 2.26. The van der Waals surface area contributed by atoms with Crippen molar-refractivity contribution in [3.8, 4) is 0 Å². The van der Waals surface area contributed by atoms with E-state index in [-0.39, 0.29) is 5.91 Å². The van der Waals surface area contributed by atoms with Gasteiger partial charge in [0.1, 0.15) is 0 Å². The van der Waals surface area contributed by atoms with E-state index >= 15 is 0 Å². The Bertz CT molecular complexity index is 784. The summed E-state index contributed by atoms with van der Waals surface area (Å²) in [6, 6.07) is 8.45. The fourth-order valence-electron chi connectivity index (χ4n) is 3.98. The third kappa shape index (κ3) is 4.39. The molecule has 1 aromatic carbocycles. The van der Waals surface area contributed by atoms with E-state index in [0.717, 1.165) is 63.5 Å². The predicted octanol–water partition coefficient (Wildman–Crippen LogP) is 3.55. The van der Waals surface area contributed by atoms with Gasteiger partial charge in [0, 0.05) is 42.7 Å². The molecule has 0 atom stereocenters. The van der Waals surface area contributed by atoms with Gasteiger partial charge in [0.2, 0.25) is 5.91 Å². The first kappa shape index (κ1) is 19.4. The lowest BCUT2D eigenvalue weighted by Crippen LogP contribution is -2.38. The van der Waals surface area contributed by atoms with Gasteiger partial charge in [-0.05, 0) is 44.4 Å². The molecule has 28 heavy (non-hydrogen) atoms. The number of piperidine rings is 1. The maximum absolute atomic E-state index is 12.7. The largest absolute Gasteiger partial charge is 0.378 e. The second-order valence-electron chi connectivity index (χ2n) is 7.79. The maximum Gasteiger partial charge on any atom is 0.226 e. The maximum atomic E-state index is 12.7. The smallest absolute Gasteiger partial charge is 0.226 e. The summed E-state index contributed by atoms with van der Waals surface area (Å²) >= 11 is 1.82. The van der Waals surface area contributed by atoms with Crippen LogP contribution in [0.2, 0.25) is 0 Å². The van der Waals surface area contributed by atoms with E-state index in [9.17, 15) is 4.79 Å². The first-order valence-corrected chi connectivity index (χ1v) is 11.0. The van der Waals surface area contributed by atoms with Crippen molar-refractivity contribution in [1.29, 1.82) is 0 Å². The summed E-state index contributed by atoms with van der Waals surface area (Å²) in [6.45, 7) is 9.35. The molecule has 150 valence electrons. The second-order valence-corrected chi connectivity index (χ2v) is 9.03. The molecular weight excluding hydrogens is 370 g/mol. The van der Waals surface area contributed by atoms with E-state index in [2.05, 4.69) is 43.0 Å². The summed E-state index contributed by atoms with van der Waals surface area (Å²) in [7, 11) is 0. The van der Waals surface area contributed by atoms with Crippen molar-refractivity contribution < 1.29 is 9.53 Å². The van der Waals surface area contributed by atoms with E-state index in [0.29, 0.717) is 12.3 Å². The third-order valence-corrected chi connectivity index (χ3v) is 7.15. The summed E-state index contributed by atoms with van der Waals surface area (Å²) in [4.78, 5) is 23.1. The Morgan fingerprint density at radius 2 is 1.79 bits per heavy atom. The van der Waals surface area contributed by atoms with Crippen LogP contribution in [-0.4, -0.2) is 55.2 Å². The Hall–Kier alpha value is -1.92. The van der Waals surface area contributed by atoms with Crippen LogP contribution in [0.4, 0.5) is 5.69 Å². The zero-order valence-corrected chi connectivity index (χ0v) is 17.6. The molecule has 1 amide bonds. The van der Waals surface area contributed by atoms with Crippen molar-refractivity contribution in [2.24, 2.45) is 0 Å². The summed E-state index contributed by atoms with van der Waals surface area (Å²) in [5.74, 6) is 0.748. The standard InChI is InChI=1S/C22H29N3O2S/c1-16-17(2)28-22(23-16)19-7-9-25(10-8-19)21(26)15-18-3-5-20(6-4-18)24-11-13-27-14-12-24/h3-6,19H,7-15H2,1-2H3. The van der Waals surface area contributed by atoms with Gasteiger partial charge in [-0.2, -0.15) is 0 Å². The van der Waals surface area contributed by atoms with E-state index in [4.69, 9.17) is 9.72 Å². The third-order valence-electron chi connectivity index (χ3n) is 5.91. The highest BCUT2D eigenvalue weighted by Crippen LogP contribution is 2.32. The summed E-state index contributed by atoms with van der Waals surface area (Å²) in [5, 5.41) is 1.25. The average Bonchev–Trinajstić information content (AvgIpc) is 3.08. The van der Waals surface area contributed by atoms with Crippen molar-refractivity contribution in [2.75, 3.05) is 44.3 Å². The van der Waals surface area contributed by atoms with Crippen LogP contribution in [0.25, 0.3) is 0 Å². The number of aryl methyl sites for hydroxylation is 2. The predicted molar refractivity (Wildman–Crippen MR) is 113 cm³/mol. The summed E-state index contributed by atoms with van der Waals surface area (Å²) in [6.07, 6.45) is 2.53. The molecular formula is C22H29N3O2S. The number of rotatable bonds is 4. The first-order valence-electron chi connectivity index (χ1n) is 10.2. The number of morpholine rings is 1. The van der Waals surface area contributed by atoms with Crippen LogP contribution in [0.15, 0.2) is 24.3 Å². The molecule has 0 spiro atoms. The van der Waals surface area contributed by atoms with Crippen molar-refractivity contribution in [2.45, 2.75) is 39.0 Å². The second kappa shape index (κ2) is 8.62. The molecule has 1 aromatic heterocycles. The van der Waals surface area contributed by atoms with Gasteiger partial charge in [-0.25, -0.2) is 4.98 Å². The number of hydrogen-bond donors (Lipinski definition) is 0. The Morgan fingerprint density at radius 1 is 1.11 bits per heavy atom. The van der Waals surface area contributed by atoms with Gasteiger partial charge in [0.15, 0.2) is 0 Å². The van der Waals surface area contributed by atoms with Gasteiger partial charge in [-0.3, -0.25) is 4.79 Å². The van der Waals surface area contributed by atoms with Crippen molar-refractivity contribution in [3.63, 3.8) is 0 Å². The number of anilines is 1. The lowest BCUT2D eigenvalue weighted by atomic mass is 9.97. The molecule has 2 saturated heterocycles. The monoisotopic (exact) mass is 399 g/mol. The first-order chi connectivity index (χ1) is 13.6. The Kier molecular flexibility index (Phi) is 5.97. The van der Waals surface area contributed by atoms with Gasteiger partial charge in [0.05, 0.1) is 30.3 Å². The SMILES string of the molecule is Cc1nc(C2CCN(C(=O)Cc3ccc(N4CCOCC4)cc3)CC2)sc1C. The Morgan fingerprint density at radius 3 is 2.39 bits per heavy atom. The number of thiazole rings is 1. The molecule has 0 saturated carbocycles. The lowest BCUT2D eigenvalue weighted by molar-refractivity contribution is -0.131. The molecule has 0 radical (unpaired) electrons. The van der Waals surface area contributed by atoms with Crippen LogP contribution in [0.1, 0.15) is 39.9 Å². The van der Waals surface area contributed by atoms with Crippen LogP contribution in [0, 0.1) is 13.8 Å². The van der Waals surface area contributed by atoms with Crippen molar-refractivity contribution in [3.05, 3.63) is 45.4 Å². The molecule has 0 bridgehead atoms. The van der Waals surface area contributed by atoms with Crippen LogP contribution in [0.3, 0.4) is 0 Å². The van der Waals surface area contributed by atoms with E-state index < -0.39 is 0 Å². The highest BCUT2D eigenvalue weighted by atomic mass is 32.1. The topological polar surface area (TPSA) is 45.7 Å². The number of benzene rings is 1. The van der Waals surface area contributed by atoms with Gasteiger partial charge < -0.3 is 14.5 Å². The minimum atomic E-state index is 0.240. The number of carbonyl (C=O) groups is 1. The summed E-state index contributed by atoms with van der Waals surface area (Å²) in [5.41, 5.74) is 3.46. The van der Waals surface area contributed by atoms with Crippen molar-refractivity contribution >= 4 is 22.9 Å².